The highest BCUT2D eigenvalue weighted by Crippen LogP contribution is 2.30. The number of likely N-dealkylation sites (N-methyl/N-ethyl adjacent to an activating group) is 1. The monoisotopic (exact) mass is 555 g/mol. The zero-order valence-electron chi connectivity index (χ0n) is 25.6. The summed E-state index contributed by atoms with van der Waals surface area (Å²) in [5.74, 6) is -0.307. The van der Waals surface area contributed by atoms with Crippen molar-refractivity contribution in [2.24, 2.45) is 5.41 Å². The predicted molar refractivity (Wildman–Crippen MR) is 158 cm³/mol. The van der Waals surface area contributed by atoms with E-state index in [1.165, 1.54) is 10.5 Å². The highest BCUT2D eigenvalue weighted by atomic mass is 16.6. The van der Waals surface area contributed by atoms with Gasteiger partial charge in [-0.15, -0.1) is 0 Å². The van der Waals surface area contributed by atoms with Crippen LogP contribution in [-0.2, 0) is 20.7 Å². The highest BCUT2D eigenvalue weighted by Gasteiger charge is 2.41. The molecule has 0 aromatic heterocycles. The van der Waals surface area contributed by atoms with E-state index < -0.39 is 35.2 Å². The lowest BCUT2D eigenvalue weighted by molar-refractivity contribution is -0.145. The van der Waals surface area contributed by atoms with Gasteiger partial charge in [0.05, 0.1) is 12.1 Å². The summed E-state index contributed by atoms with van der Waals surface area (Å²) in [6.45, 7) is 18.8. The molecule has 1 aliphatic carbocycles. The van der Waals surface area contributed by atoms with Gasteiger partial charge in [-0.3, -0.25) is 9.59 Å². The summed E-state index contributed by atoms with van der Waals surface area (Å²) in [4.78, 5) is 43.5. The maximum Gasteiger partial charge on any atom is 0.410 e. The van der Waals surface area contributed by atoms with Crippen molar-refractivity contribution in [3.05, 3.63) is 47.7 Å². The van der Waals surface area contributed by atoms with Crippen LogP contribution in [0.5, 0.6) is 0 Å². The van der Waals surface area contributed by atoms with Crippen LogP contribution in [0.2, 0.25) is 0 Å². The molecule has 1 aliphatic heterocycles. The Hall–Kier alpha value is -3.07. The first-order chi connectivity index (χ1) is 18.6. The quantitative estimate of drug-likeness (QED) is 0.474. The Balaban J connectivity index is 1.75. The largest absolute Gasteiger partial charge is 0.444 e. The molecular weight excluding hydrogens is 506 g/mol. The lowest BCUT2D eigenvalue weighted by Crippen LogP contribution is -2.64. The smallest absolute Gasteiger partial charge is 0.410 e. The number of nitrogens with one attached hydrogen (secondary N) is 3. The van der Waals surface area contributed by atoms with Gasteiger partial charge in [-0.1, -0.05) is 51.6 Å². The summed E-state index contributed by atoms with van der Waals surface area (Å²) < 4.78 is 5.50. The molecule has 1 saturated heterocycles. The van der Waals surface area contributed by atoms with Gasteiger partial charge in [0.15, 0.2) is 0 Å². The fourth-order valence-corrected chi connectivity index (χ4v) is 5.22. The van der Waals surface area contributed by atoms with E-state index in [1.807, 2.05) is 60.6 Å². The van der Waals surface area contributed by atoms with Gasteiger partial charge in [-0.2, -0.15) is 0 Å². The molecule has 1 aromatic rings. The van der Waals surface area contributed by atoms with Gasteiger partial charge in [0.2, 0.25) is 11.8 Å². The molecule has 9 heteroatoms. The SMILES string of the molecule is C=C(N[C@H](C(=O)N1CCNC[C@H]1C(=O)N[C@@H]1CCCc2ccccc21)C(C)(C)C)[C@H](C)N(C)C(=O)OC(C)(C)C. The Morgan fingerprint density at radius 1 is 1.15 bits per heavy atom. The number of piperazine rings is 1. The number of fused-ring (bicyclic) bond motifs is 1. The lowest BCUT2D eigenvalue weighted by atomic mass is 9.84. The molecule has 0 radical (unpaired) electrons. The average molecular weight is 556 g/mol. The Bertz CT molecular complexity index is 1090. The first-order valence-electron chi connectivity index (χ1n) is 14.4. The van der Waals surface area contributed by atoms with Crippen molar-refractivity contribution in [3.8, 4) is 0 Å². The molecule has 1 aromatic carbocycles. The van der Waals surface area contributed by atoms with E-state index >= 15 is 0 Å². The van der Waals surface area contributed by atoms with Crippen LogP contribution >= 0.6 is 0 Å². The number of hydrogen-bond acceptors (Lipinski definition) is 6. The van der Waals surface area contributed by atoms with Crippen LogP contribution in [0.3, 0.4) is 0 Å². The summed E-state index contributed by atoms with van der Waals surface area (Å²) in [5.41, 5.74) is 1.85. The normalized spacial score (nSPS) is 20.9. The van der Waals surface area contributed by atoms with Crippen molar-refractivity contribution in [3.63, 3.8) is 0 Å². The predicted octanol–water partition coefficient (Wildman–Crippen LogP) is 3.75. The molecule has 0 saturated carbocycles. The van der Waals surface area contributed by atoms with Gasteiger partial charge in [-0.05, 0) is 63.5 Å². The number of rotatable bonds is 7. The maximum atomic E-state index is 14.1. The summed E-state index contributed by atoms with van der Waals surface area (Å²) in [7, 11) is 1.65. The lowest BCUT2D eigenvalue weighted by Gasteiger charge is -2.42. The van der Waals surface area contributed by atoms with Gasteiger partial charge in [-0.25, -0.2) is 4.79 Å². The van der Waals surface area contributed by atoms with Crippen LogP contribution in [0.25, 0.3) is 0 Å². The first-order valence-corrected chi connectivity index (χ1v) is 14.4. The minimum absolute atomic E-state index is 0.0584. The van der Waals surface area contributed by atoms with Crippen molar-refractivity contribution in [1.82, 2.24) is 25.8 Å². The van der Waals surface area contributed by atoms with E-state index in [2.05, 4.69) is 34.7 Å². The molecule has 4 atom stereocenters. The molecule has 40 heavy (non-hydrogen) atoms. The molecule has 3 N–H and O–H groups in total. The second-order valence-corrected chi connectivity index (χ2v) is 13.1. The zero-order valence-corrected chi connectivity index (χ0v) is 25.6. The van der Waals surface area contributed by atoms with Gasteiger partial charge < -0.3 is 30.5 Å². The highest BCUT2D eigenvalue weighted by molar-refractivity contribution is 5.91. The Kier molecular flexibility index (Phi) is 9.93. The van der Waals surface area contributed by atoms with E-state index in [1.54, 1.807) is 11.9 Å². The topological polar surface area (TPSA) is 103 Å². The first kappa shape index (κ1) is 31.5. The third kappa shape index (κ3) is 7.77. The number of hydrogen-bond donors (Lipinski definition) is 3. The minimum atomic E-state index is -0.654. The summed E-state index contributed by atoms with van der Waals surface area (Å²) in [6, 6.07) is 6.48. The summed E-state index contributed by atoms with van der Waals surface area (Å²) >= 11 is 0. The molecule has 3 amide bonds. The van der Waals surface area contributed by atoms with Crippen molar-refractivity contribution in [2.75, 3.05) is 26.7 Å². The molecule has 0 unspecified atom stereocenters. The van der Waals surface area contributed by atoms with Crippen LogP contribution in [0.1, 0.15) is 78.5 Å². The Morgan fingerprint density at radius 3 is 2.48 bits per heavy atom. The molecule has 0 bridgehead atoms. The number of aryl methyl sites for hydroxylation is 1. The fourth-order valence-electron chi connectivity index (χ4n) is 5.22. The van der Waals surface area contributed by atoms with Gasteiger partial charge >= 0.3 is 6.09 Å². The third-order valence-electron chi connectivity index (χ3n) is 7.72. The number of benzene rings is 1. The second-order valence-electron chi connectivity index (χ2n) is 13.1. The molecule has 1 fully saturated rings. The summed E-state index contributed by atoms with van der Waals surface area (Å²) in [6.07, 6.45) is 2.44. The van der Waals surface area contributed by atoms with Gasteiger partial charge in [0.25, 0.3) is 0 Å². The third-order valence-corrected chi connectivity index (χ3v) is 7.72. The Labute approximate surface area is 240 Å². The van der Waals surface area contributed by atoms with E-state index in [9.17, 15) is 14.4 Å². The molecule has 1 heterocycles. The van der Waals surface area contributed by atoms with Crippen LogP contribution in [-0.4, -0.2) is 78.1 Å². The number of amides is 3. The molecular formula is C31H49N5O4. The van der Waals surface area contributed by atoms with Crippen LogP contribution < -0.4 is 16.0 Å². The van der Waals surface area contributed by atoms with Gasteiger partial charge in [0, 0.05) is 32.4 Å². The molecule has 0 spiro atoms. The number of ether oxygens (including phenoxy) is 1. The zero-order chi connectivity index (χ0) is 29.8. The average Bonchev–Trinajstić information content (AvgIpc) is 2.88. The molecule has 222 valence electrons. The van der Waals surface area contributed by atoms with Crippen molar-refractivity contribution < 1.29 is 19.1 Å². The van der Waals surface area contributed by atoms with Crippen LogP contribution in [0.15, 0.2) is 36.5 Å². The van der Waals surface area contributed by atoms with Crippen LogP contribution in [0, 0.1) is 5.41 Å². The molecule has 9 nitrogen and oxygen atoms in total. The van der Waals surface area contributed by atoms with Crippen LogP contribution in [0.4, 0.5) is 4.79 Å². The number of carbonyl (C=O) groups is 3. The fraction of sp³-hybridized carbons (Fsp3) is 0.645. The molecule has 3 rings (SSSR count). The number of carbonyl (C=O) groups excluding carboxylic acids is 3. The second kappa shape index (κ2) is 12.6. The van der Waals surface area contributed by atoms with Crippen molar-refractivity contribution >= 4 is 17.9 Å². The van der Waals surface area contributed by atoms with E-state index in [4.69, 9.17) is 4.74 Å². The van der Waals surface area contributed by atoms with Crippen molar-refractivity contribution in [1.29, 1.82) is 0 Å². The van der Waals surface area contributed by atoms with E-state index in [0.29, 0.717) is 25.3 Å². The molecule has 2 aliphatic rings. The Morgan fingerprint density at radius 2 is 1.82 bits per heavy atom. The maximum absolute atomic E-state index is 14.1. The summed E-state index contributed by atoms with van der Waals surface area (Å²) in [5, 5.41) is 9.85. The van der Waals surface area contributed by atoms with Gasteiger partial charge in [0.1, 0.15) is 17.7 Å². The standard InChI is InChI=1S/C31H49N5O4/c1-20(21(2)35(9)29(39)40-31(6,7)8)33-26(30(3,4)5)28(38)36-18-17-32-19-25(36)27(37)34-24-16-12-14-22-13-10-11-15-23(22)24/h10-11,13,15,21,24-26,32-33H,1,12,14,16-19H2,2-9H3,(H,34,37)/t21-,24+,25-,26+/m0/s1. The van der Waals surface area contributed by atoms with E-state index in [-0.39, 0.29) is 17.9 Å². The minimum Gasteiger partial charge on any atom is -0.444 e. The number of nitrogens with zero attached hydrogens (tertiary/aromatic N) is 2. The van der Waals surface area contributed by atoms with Crippen molar-refractivity contribution in [2.45, 2.75) is 97.5 Å². The van der Waals surface area contributed by atoms with E-state index in [0.717, 1.165) is 24.8 Å².